The van der Waals surface area contributed by atoms with Crippen LogP contribution in [0.5, 0.6) is 5.88 Å². The molecule has 0 spiro atoms. The maximum atomic E-state index is 9.65. The Labute approximate surface area is 107 Å². The summed E-state index contributed by atoms with van der Waals surface area (Å²) in [7, 11) is 4.98. The lowest BCUT2D eigenvalue weighted by Gasteiger charge is -2.11. The van der Waals surface area contributed by atoms with Crippen molar-refractivity contribution >= 4 is 5.82 Å². The molecule has 18 heavy (non-hydrogen) atoms. The Balaban J connectivity index is 2.22. The maximum absolute atomic E-state index is 9.65. The van der Waals surface area contributed by atoms with Crippen LogP contribution in [0, 0.1) is 0 Å². The summed E-state index contributed by atoms with van der Waals surface area (Å²) >= 11 is 0. The van der Waals surface area contributed by atoms with Crippen LogP contribution in [0.1, 0.15) is 0 Å². The quantitative estimate of drug-likeness (QED) is 0.601. The minimum Gasteiger partial charge on any atom is -0.481 e. The third-order valence-electron chi connectivity index (χ3n) is 2.31. The lowest BCUT2D eigenvalue weighted by molar-refractivity contribution is 0.0182. The summed E-state index contributed by atoms with van der Waals surface area (Å²) in [4.78, 5) is 0. The van der Waals surface area contributed by atoms with E-state index in [0.717, 1.165) is 0 Å². The number of rotatable bonds is 9. The van der Waals surface area contributed by atoms with Gasteiger partial charge in [0, 0.05) is 26.8 Å². The van der Waals surface area contributed by atoms with Gasteiger partial charge < -0.3 is 24.6 Å². The Morgan fingerprint density at radius 2 is 2.22 bits per heavy atom. The van der Waals surface area contributed by atoms with Gasteiger partial charge in [0.2, 0.25) is 5.88 Å². The van der Waals surface area contributed by atoms with E-state index in [4.69, 9.17) is 14.2 Å². The first kappa shape index (κ1) is 14.7. The predicted molar refractivity (Wildman–Crippen MR) is 67.0 cm³/mol. The molecule has 0 bridgehead atoms. The van der Waals surface area contributed by atoms with Crippen LogP contribution in [0.2, 0.25) is 0 Å². The lowest BCUT2D eigenvalue weighted by Crippen LogP contribution is -2.25. The van der Waals surface area contributed by atoms with Gasteiger partial charge in [0.1, 0.15) is 0 Å². The van der Waals surface area contributed by atoms with E-state index in [9.17, 15) is 5.11 Å². The number of aromatic nitrogens is 2. The van der Waals surface area contributed by atoms with Gasteiger partial charge in [0.15, 0.2) is 5.82 Å². The summed E-state index contributed by atoms with van der Waals surface area (Å²) in [5.74, 6) is 1.31. The van der Waals surface area contributed by atoms with Crippen LogP contribution in [0.25, 0.3) is 0 Å². The molecule has 0 amide bonds. The van der Waals surface area contributed by atoms with Crippen LogP contribution in [0.3, 0.4) is 0 Å². The predicted octanol–water partition coefficient (Wildman–Crippen LogP) is -0.135. The minimum absolute atomic E-state index is 0.264. The molecule has 2 N–H and O–H groups in total. The Bertz CT molecular complexity index is 343. The van der Waals surface area contributed by atoms with E-state index in [0.29, 0.717) is 31.5 Å². The number of hydrogen-bond donors (Lipinski definition) is 2. The second-order valence-electron chi connectivity index (χ2n) is 3.80. The van der Waals surface area contributed by atoms with Crippen LogP contribution in [0.15, 0.2) is 6.07 Å². The van der Waals surface area contributed by atoms with E-state index in [1.165, 1.54) is 0 Å². The van der Waals surface area contributed by atoms with Crippen molar-refractivity contribution in [1.82, 2.24) is 9.78 Å². The lowest BCUT2D eigenvalue weighted by atomic mass is 10.4. The van der Waals surface area contributed by atoms with Crippen LogP contribution < -0.4 is 10.1 Å². The van der Waals surface area contributed by atoms with Crippen molar-refractivity contribution in [1.29, 1.82) is 0 Å². The van der Waals surface area contributed by atoms with Crippen LogP contribution in [0.4, 0.5) is 5.82 Å². The molecule has 0 aliphatic rings. The molecule has 1 aromatic rings. The van der Waals surface area contributed by atoms with E-state index >= 15 is 0 Å². The number of nitrogens with one attached hydrogen (secondary N) is 1. The third-order valence-corrected chi connectivity index (χ3v) is 2.31. The van der Waals surface area contributed by atoms with Crippen LogP contribution >= 0.6 is 0 Å². The monoisotopic (exact) mass is 259 g/mol. The molecule has 0 saturated carbocycles. The molecule has 104 valence electrons. The summed E-state index contributed by atoms with van der Waals surface area (Å²) in [5, 5.41) is 16.8. The standard InChI is InChI=1S/C11H21N3O4/c1-14-11(17-3)6-10(13-14)12-7-9(15)8-18-5-4-16-2/h6,9,15H,4-5,7-8H2,1-3H3,(H,12,13). The molecular formula is C11H21N3O4. The Kier molecular flexibility index (Phi) is 6.48. The first-order valence-corrected chi connectivity index (χ1v) is 5.74. The van der Waals surface area contributed by atoms with Gasteiger partial charge in [-0.05, 0) is 0 Å². The zero-order chi connectivity index (χ0) is 13.4. The average Bonchev–Trinajstić information content (AvgIpc) is 2.73. The zero-order valence-corrected chi connectivity index (χ0v) is 11.0. The molecule has 0 aliphatic carbocycles. The van der Waals surface area contributed by atoms with Crippen molar-refractivity contribution in [2.24, 2.45) is 7.05 Å². The van der Waals surface area contributed by atoms with E-state index < -0.39 is 6.10 Å². The summed E-state index contributed by atoms with van der Waals surface area (Å²) in [5.41, 5.74) is 0. The first-order valence-electron chi connectivity index (χ1n) is 5.74. The number of aliphatic hydroxyl groups excluding tert-OH is 1. The summed E-state index contributed by atoms with van der Waals surface area (Å²) in [6.45, 7) is 1.63. The SMILES string of the molecule is COCCOCC(O)CNc1cc(OC)n(C)n1. The Morgan fingerprint density at radius 3 is 2.83 bits per heavy atom. The van der Waals surface area contributed by atoms with Gasteiger partial charge in [0.05, 0.1) is 33.0 Å². The summed E-state index contributed by atoms with van der Waals surface area (Å²) in [6.07, 6.45) is -0.588. The molecule has 0 aromatic carbocycles. The number of hydrogen-bond acceptors (Lipinski definition) is 6. The van der Waals surface area contributed by atoms with E-state index in [2.05, 4.69) is 10.4 Å². The fourth-order valence-corrected chi connectivity index (χ4v) is 1.37. The fraction of sp³-hybridized carbons (Fsp3) is 0.727. The number of anilines is 1. The zero-order valence-electron chi connectivity index (χ0n) is 11.0. The average molecular weight is 259 g/mol. The molecule has 1 rings (SSSR count). The number of aliphatic hydroxyl groups is 1. The molecule has 0 radical (unpaired) electrons. The van der Waals surface area contributed by atoms with Gasteiger partial charge >= 0.3 is 0 Å². The molecule has 1 atom stereocenters. The molecule has 1 unspecified atom stereocenters. The normalized spacial score (nSPS) is 12.4. The number of nitrogens with zero attached hydrogens (tertiary/aromatic N) is 2. The third kappa shape index (κ3) is 4.91. The summed E-state index contributed by atoms with van der Waals surface area (Å²) in [6, 6.07) is 1.76. The molecule has 7 nitrogen and oxygen atoms in total. The van der Waals surface area contributed by atoms with Gasteiger partial charge in [0.25, 0.3) is 0 Å². The second kappa shape index (κ2) is 7.91. The van der Waals surface area contributed by atoms with Gasteiger partial charge in [-0.25, -0.2) is 4.68 Å². The number of aryl methyl sites for hydroxylation is 1. The largest absolute Gasteiger partial charge is 0.481 e. The highest BCUT2D eigenvalue weighted by molar-refractivity contribution is 5.38. The van der Waals surface area contributed by atoms with Crippen LogP contribution in [-0.2, 0) is 16.5 Å². The highest BCUT2D eigenvalue weighted by Crippen LogP contribution is 2.14. The first-order chi connectivity index (χ1) is 8.67. The molecular weight excluding hydrogens is 238 g/mol. The molecule has 0 fully saturated rings. The molecule has 1 heterocycles. The van der Waals surface area contributed by atoms with Crippen molar-refractivity contribution in [3.63, 3.8) is 0 Å². The molecule has 0 aliphatic heterocycles. The van der Waals surface area contributed by atoms with Gasteiger partial charge in [-0.15, -0.1) is 0 Å². The maximum Gasteiger partial charge on any atom is 0.213 e. The highest BCUT2D eigenvalue weighted by atomic mass is 16.5. The van der Waals surface area contributed by atoms with E-state index in [1.54, 1.807) is 32.0 Å². The Morgan fingerprint density at radius 1 is 1.44 bits per heavy atom. The van der Waals surface area contributed by atoms with E-state index in [1.807, 2.05) is 0 Å². The van der Waals surface area contributed by atoms with Crippen molar-refractivity contribution < 1.29 is 19.3 Å². The molecule has 1 aromatic heterocycles. The van der Waals surface area contributed by atoms with Gasteiger partial charge in [-0.2, -0.15) is 5.10 Å². The highest BCUT2D eigenvalue weighted by Gasteiger charge is 2.08. The summed E-state index contributed by atoms with van der Waals surface area (Å²) < 4.78 is 16.7. The van der Waals surface area contributed by atoms with Crippen molar-refractivity contribution in [2.45, 2.75) is 6.10 Å². The Hall–Kier alpha value is -1.31. The molecule has 0 saturated heterocycles. The van der Waals surface area contributed by atoms with Crippen LogP contribution in [-0.4, -0.2) is 61.6 Å². The number of ether oxygens (including phenoxy) is 3. The van der Waals surface area contributed by atoms with E-state index in [-0.39, 0.29) is 6.61 Å². The topological polar surface area (TPSA) is 77.8 Å². The fourth-order valence-electron chi connectivity index (χ4n) is 1.37. The van der Waals surface area contributed by atoms with Crippen molar-refractivity contribution in [3.8, 4) is 5.88 Å². The smallest absolute Gasteiger partial charge is 0.213 e. The minimum atomic E-state index is -0.588. The van der Waals surface area contributed by atoms with Gasteiger partial charge in [-0.1, -0.05) is 0 Å². The van der Waals surface area contributed by atoms with Gasteiger partial charge in [-0.3, -0.25) is 0 Å². The number of methoxy groups -OCH3 is 2. The molecule has 7 heteroatoms. The second-order valence-corrected chi connectivity index (χ2v) is 3.80. The van der Waals surface area contributed by atoms with Crippen molar-refractivity contribution in [2.75, 3.05) is 45.9 Å². The van der Waals surface area contributed by atoms with Crippen molar-refractivity contribution in [3.05, 3.63) is 6.07 Å².